The highest BCUT2D eigenvalue weighted by atomic mass is 79.9. The normalized spacial score (nSPS) is 35.4. The number of rotatable bonds is 4. The highest BCUT2D eigenvalue weighted by Gasteiger charge is 2.62. The smallest absolute Gasteiger partial charge is 0.307 e. The Labute approximate surface area is 149 Å². The summed E-state index contributed by atoms with van der Waals surface area (Å²) in [7, 11) is 0. The van der Waals surface area contributed by atoms with Gasteiger partial charge in [-0.25, -0.2) is 0 Å². The second-order valence-corrected chi connectivity index (χ2v) is 8.05. The van der Waals surface area contributed by atoms with Crippen LogP contribution in [0.5, 0.6) is 0 Å². The zero-order chi connectivity index (χ0) is 17.0. The van der Waals surface area contributed by atoms with Crippen LogP contribution in [-0.2, 0) is 16.0 Å². The largest absolute Gasteiger partial charge is 0.481 e. The molecule has 0 radical (unpaired) electrons. The fraction of sp³-hybridized carbons (Fsp3) is 0.474. The van der Waals surface area contributed by atoms with Crippen LogP contribution in [0.1, 0.15) is 18.9 Å². The van der Waals surface area contributed by atoms with E-state index < -0.39 is 17.8 Å². The quantitative estimate of drug-likeness (QED) is 0.771. The minimum absolute atomic E-state index is 0.0174. The van der Waals surface area contributed by atoms with Crippen LogP contribution < -0.4 is 5.32 Å². The van der Waals surface area contributed by atoms with Crippen molar-refractivity contribution in [3.05, 3.63) is 40.4 Å². The Morgan fingerprint density at radius 2 is 1.88 bits per heavy atom. The summed E-state index contributed by atoms with van der Waals surface area (Å²) in [5, 5.41) is 12.7. The molecule has 2 bridgehead atoms. The number of carbonyl (C=O) groups is 2. The van der Waals surface area contributed by atoms with E-state index in [4.69, 9.17) is 0 Å². The van der Waals surface area contributed by atoms with Gasteiger partial charge in [-0.3, -0.25) is 9.59 Å². The number of aryl methyl sites for hydroxylation is 1. The highest BCUT2D eigenvalue weighted by molar-refractivity contribution is 9.10. The Morgan fingerprint density at radius 3 is 2.50 bits per heavy atom. The van der Waals surface area contributed by atoms with E-state index in [1.807, 2.05) is 31.2 Å². The lowest BCUT2D eigenvalue weighted by Crippen LogP contribution is -2.48. The molecule has 4 aliphatic carbocycles. The van der Waals surface area contributed by atoms with Gasteiger partial charge < -0.3 is 10.4 Å². The van der Waals surface area contributed by atoms with Crippen LogP contribution in [0, 0.1) is 35.5 Å². The van der Waals surface area contributed by atoms with Gasteiger partial charge in [0, 0.05) is 10.2 Å². The Balaban J connectivity index is 1.62. The average molecular weight is 390 g/mol. The highest BCUT2D eigenvalue weighted by Crippen LogP contribution is 2.63. The molecule has 2 fully saturated rings. The van der Waals surface area contributed by atoms with Crippen LogP contribution in [0.2, 0.25) is 0 Å². The number of carbonyl (C=O) groups excluding carboxylic acids is 1. The number of carboxylic acid groups (broad SMARTS) is 1. The summed E-state index contributed by atoms with van der Waals surface area (Å²) in [6, 6.07) is 5.77. The van der Waals surface area contributed by atoms with Crippen molar-refractivity contribution in [2.24, 2.45) is 35.5 Å². The first-order valence-corrected chi connectivity index (χ1v) is 9.31. The van der Waals surface area contributed by atoms with Crippen LogP contribution in [0.25, 0.3) is 0 Å². The fourth-order valence-corrected chi connectivity index (χ4v) is 5.17. The van der Waals surface area contributed by atoms with Crippen molar-refractivity contribution in [2.75, 3.05) is 5.32 Å². The molecular weight excluding hydrogens is 370 g/mol. The summed E-state index contributed by atoms with van der Waals surface area (Å²) >= 11 is 3.45. The number of hydrogen-bond donors (Lipinski definition) is 2. The monoisotopic (exact) mass is 389 g/mol. The zero-order valence-corrected chi connectivity index (χ0v) is 15.0. The molecule has 0 spiro atoms. The van der Waals surface area contributed by atoms with Crippen molar-refractivity contribution in [1.82, 2.24) is 0 Å². The number of hydrogen-bond acceptors (Lipinski definition) is 2. The van der Waals surface area contributed by atoms with Gasteiger partial charge in [0.1, 0.15) is 0 Å². The first-order valence-electron chi connectivity index (χ1n) is 8.51. The van der Waals surface area contributed by atoms with Crippen LogP contribution in [0.15, 0.2) is 34.8 Å². The van der Waals surface area contributed by atoms with Gasteiger partial charge in [0.15, 0.2) is 0 Å². The van der Waals surface area contributed by atoms with E-state index in [0.717, 1.165) is 28.6 Å². The molecule has 5 heteroatoms. The maximum Gasteiger partial charge on any atom is 0.307 e. The maximum atomic E-state index is 13.0. The van der Waals surface area contributed by atoms with E-state index in [1.165, 1.54) is 0 Å². The molecule has 4 nitrogen and oxygen atoms in total. The van der Waals surface area contributed by atoms with Crippen molar-refractivity contribution in [2.45, 2.75) is 19.8 Å². The summed E-state index contributed by atoms with van der Waals surface area (Å²) in [6.45, 7) is 2.04. The molecule has 1 aromatic carbocycles. The van der Waals surface area contributed by atoms with Gasteiger partial charge in [-0.15, -0.1) is 0 Å². The van der Waals surface area contributed by atoms with E-state index >= 15 is 0 Å². The third-order valence-corrected chi connectivity index (χ3v) is 6.44. The zero-order valence-electron chi connectivity index (χ0n) is 13.4. The molecule has 1 amide bonds. The third kappa shape index (κ3) is 2.41. The van der Waals surface area contributed by atoms with E-state index in [0.29, 0.717) is 11.8 Å². The van der Waals surface area contributed by atoms with Gasteiger partial charge >= 0.3 is 5.97 Å². The Morgan fingerprint density at radius 1 is 1.21 bits per heavy atom. The average Bonchev–Trinajstić information content (AvgIpc) is 3.37. The van der Waals surface area contributed by atoms with Crippen LogP contribution in [-0.4, -0.2) is 17.0 Å². The fourth-order valence-electron chi connectivity index (χ4n) is 4.76. The molecule has 5 rings (SSSR count). The van der Waals surface area contributed by atoms with Gasteiger partial charge in [0.25, 0.3) is 0 Å². The minimum atomic E-state index is -0.841. The molecule has 6 atom stereocenters. The molecule has 24 heavy (non-hydrogen) atoms. The van der Waals surface area contributed by atoms with Crippen molar-refractivity contribution < 1.29 is 14.7 Å². The number of benzene rings is 1. The Bertz CT molecular complexity index is 744. The molecule has 2 saturated carbocycles. The summed E-state index contributed by atoms with van der Waals surface area (Å²) in [5.41, 5.74) is 1.83. The lowest BCUT2D eigenvalue weighted by Gasteiger charge is -2.41. The maximum absolute atomic E-state index is 13.0. The SMILES string of the molecule is CCc1cc(Br)ccc1NC(=O)[C@@H]1[C@@H]2C=C[C@H]([C@H]3C[C@H]23)[C@@H]1C(=O)O. The minimum Gasteiger partial charge on any atom is -0.481 e. The van der Waals surface area contributed by atoms with Crippen molar-refractivity contribution in [3.8, 4) is 0 Å². The Hall–Kier alpha value is -1.62. The van der Waals surface area contributed by atoms with E-state index in [9.17, 15) is 14.7 Å². The number of allylic oxidation sites excluding steroid dienone is 2. The molecule has 0 saturated heterocycles. The predicted molar refractivity (Wildman–Crippen MR) is 94.5 cm³/mol. The number of aliphatic carboxylic acids is 1. The lowest BCUT2D eigenvalue weighted by atomic mass is 9.62. The summed E-state index contributed by atoms with van der Waals surface area (Å²) in [6.07, 6.45) is 6.00. The van der Waals surface area contributed by atoms with Crippen LogP contribution in [0.3, 0.4) is 0 Å². The Kier molecular flexibility index (Phi) is 3.79. The van der Waals surface area contributed by atoms with Crippen molar-refractivity contribution in [3.63, 3.8) is 0 Å². The van der Waals surface area contributed by atoms with Gasteiger partial charge in [-0.2, -0.15) is 0 Å². The van der Waals surface area contributed by atoms with Crippen LogP contribution >= 0.6 is 15.9 Å². The topological polar surface area (TPSA) is 66.4 Å². The molecule has 0 unspecified atom stereocenters. The molecule has 0 heterocycles. The molecule has 0 aromatic heterocycles. The molecule has 126 valence electrons. The summed E-state index contributed by atoms with van der Waals surface area (Å²) in [4.78, 5) is 24.8. The summed E-state index contributed by atoms with van der Waals surface area (Å²) in [5.74, 6) is -0.981. The van der Waals surface area contributed by atoms with Crippen LogP contribution in [0.4, 0.5) is 5.69 Å². The predicted octanol–water partition coefficient (Wildman–Crippen LogP) is 3.72. The number of nitrogens with one attached hydrogen (secondary N) is 1. The lowest BCUT2D eigenvalue weighted by molar-refractivity contribution is -0.152. The summed E-state index contributed by atoms with van der Waals surface area (Å²) < 4.78 is 0.973. The number of anilines is 1. The van der Waals surface area contributed by atoms with E-state index in [-0.39, 0.29) is 17.7 Å². The molecule has 0 aliphatic heterocycles. The second kappa shape index (κ2) is 5.73. The molecule has 1 aromatic rings. The van der Waals surface area contributed by atoms with Crippen molar-refractivity contribution >= 4 is 33.5 Å². The third-order valence-electron chi connectivity index (χ3n) is 5.95. The number of fused-ring (bicyclic) bond motifs is 1. The number of halogens is 1. The second-order valence-electron chi connectivity index (χ2n) is 7.14. The van der Waals surface area contributed by atoms with Gasteiger partial charge in [-0.1, -0.05) is 35.0 Å². The first kappa shape index (κ1) is 15.9. The van der Waals surface area contributed by atoms with Gasteiger partial charge in [0.05, 0.1) is 11.8 Å². The first-order chi connectivity index (χ1) is 11.5. The molecular formula is C19H20BrNO3. The van der Waals surface area contributed by atoms with E-state index in [2.05, 4.69) is 27.3 Å². The van der Waals surface area contributed by atoms with Gasteiger partial charge in [-0.05, 0) is 60.3 Å². The number of amides is 1. The van der Waals surface area contributed by atoms with Crippen molar-refractivity contribution in [1.29, 1.82) is 0 Å². The van der Waals surface area contributed by atoms with E-state index in [1.54, 1.807) is 0 Å². The number of carboxylic acids is 1. The standard InChI is InChI=1S/C19H20BrNO3/c1-2-9-7-10(20)3-6-15(9)21-18(22)16-11-4-5-12(14-8-13(11)14)17(16)19(23)24/h3-7,11-14,16-17H,2,8H2,1H3,(H,21,22)(H,23,24)/t11-,12-,13-,14-,16-,17+/m1/s1. The molecule has 2 N–H and O–H groups in total. The molecule has 4 aliphatic rings. The van der Waals surface area contributed by atoms with Gasteiger partial charge in [0.2, 0.25) is 5.91 Å².